The largest absolute Gasteiger partial charge is 0.483 e. The molecule has 0 radical (unpaired) electrons. The molecule has 1 aliphatic rings. The molecule has 0 fully saturated rings. The molecule has 552 valence electrons. The standard InChI is InChI=1S/C76H112N8O16/c1-17-77(18-2)69(85)45-93-61-41-62(94-46-70(86)78(19-3)20-4)54-33-53(61)37-55-34-56(64(96-48-72(88)80(23-7)24-8)42-63(55)95-47-71(87)79(21-5)22-6)39-59-36-60(68(100-52-76(92)84(31-15)32-16)44-67(59)99-51-75(91)83(29-13)30-14)40-58-35-57(38-54)65(97-49-73(89)81(25-9)26-10)43-66(58)98-50-74(90)82(27-11)28-12/h33-36,41-44H,17-32,37-40,45-52H2,1-16H3. The molecule has 24 heteroatoms. The van der Waals surface area contributed by atoms with Crippen LogP contribution < -0.4 is 37.9 Å². The van der Waals surface area contributed by atoms with E-state index in [2.05, 4.69) is 0 Å². The van der Waals surface area contributed by atoms with Crippen LogP contribution in [0.4, 0.5) is 0 Å². The molecule has 4 aromatic carbocycles. The number of fused-ring (bicyclic) bond motifs is 8. The van der Waals surface area contributed by atoms with Crippen molar-refractivity contribution >= 4 is 47.3 Å². The van der Waals surface area contributed by atoms with Gasteiger partial charge >= 0.3 is 0 Å². The maximum atomic E-state index is 14.0. The van der Waals surface area contributed by atoms with Crippen molar-refractivity contribution in [2.24, 2.45) is 0 Å². The van der Waals surface area contributed by atoms with Crippen LogP contribution >= 0.6 is 0 Å². The van der Waals surface area contributed by atoms with E-state index in [1.807, 2.05) is 135 Å². The van der Waals surface area contributed by atoms with Gasteiger partial charge in [0.1, 0.15) is 46.0 Å². The number of hydrogen-bond acceptors (Lipinski definition) is 16. The summed E-state index contributed by atoms with van der Waals surface area (Å²) in [4.78, 5) is 125. The van der Waals surface area contributed by atoms with Crippen LogP contribution in [0, 0.1) is 0 Å². The first-order chi connectivity index (χ1) is 48.1. The van der Waals surface area contributed by atoms with E-state index in [1.54, 1.807) is 63.5 Å². The Morgan fingerprint density at radius 1 is 0.200 bits per heavy atom. The van der Waals surface area contributed by atoms with E-state index >= 15 is 0 Å². The lowest BCUT2D eigenvalue weighted by molar-refractivity contribution is -0.133. The molecule has 0 atom stereocenters. The lowest BCUT2D eigenvalue weighted by Gasteiger charge is -2.25. The Hall–Kier alpha value is -8.96. The first kappa shape index (κ1) is 81.7. The fraction of sp³-hybridized carbons (Fsp3) is 0.579. The maximum absolute atomic E-state index is 14.0. The van der Waals surface area contributed by atoms with Gasteiger partial charge in [0, 0.05) is 155 Å². The number of benzene rings is 4. The molecule has 0 aromatic heterocycles. The van der Waals surface area contributed by atoms with Gasteiger partial charge in [-0.15, -0.1) is 0 Å². The van der Waals surface area contributed by atoms with E-state index in [9.17, 15) is 38.4 Å². The van der Waals surface area contributed by atoms with Gasteiger partial charge < -0.3 is 77.1 Å². The normalized spacial score (nSPS) is 11.5. The van der Waals surface area contributed by atoms with Crippen LogP contribution in [-0.4, -0.2) is 244 Å². The number of hydrogen-bond donors (Lipinski definition) is 0. The summed E-state index contributed by atoms with van der Waals surface area (Å²) in [5.41, 5.74) is 4.14. The topological polar surface area (TPSA) is 236 Å². The molecular formula is C76H112N8O16. The van der Waals surface area contributed by atoms with Crippen LogP contribution in [0.1, 0.15) is 155 Å². The fourth-order valence-electron chi connectivity index (χ4n) is 12.1. The zero-order chi connectivity index (χ0) is 73.6. The van der Waals surface area contributed by atoms with Gasteiger partial charge in [-0.05, 0) is 180 Å². The van der Waals surface area contributed by atoms with Crippen molar-refractivity contribution < 1.29 is 76.3 Å². The second-order valence-electron chi connectivity index (χ2n) is 23.8. The molecule has 24 nitrogen and oxygen atoms in total. The van der Waals surface area contributed by atoms with Gasteiger partial charge in [0.05, 0.1) is 0 Å². The lowest BCUT2D eigenvalue weighted by Crippen LogP contribution is -2.35. The first-order valence-electron chi connectivity index (χ1n) is 36.0. The predicted octanol–water partition coefficient (Wildman–Crippen LogP) is 8.34. The molecule has 0 heterocycles. The zero-order valence-electron chi connectivity index (χ0n) is 62.5. The molecule has 0 aliphatic heterocycles. The van der Waals surface area contributed by atoms with E-state index in [0.29, 0.717) is 149 Å². The molecule has 0 saturated carbocycles. The summed E-state index contributed by atoms with van der Waals surface area (Å²) in [6.45, 7) is 33.8. The monoisotopic (exact) mass is 1390 g/mol. The number of carbonyl (C=O) groups excluding carboxylic acids is 8. The average Bonchev–Trinajstić information content (AvgIpc) is 0.781. The van der Waals surface area contributed by atoms with Crippen LogP contribution in [0.3, 0.4) is 0 Å². The Kier molecular flexibility index (Phi) is 34.0. The Morgan fingerprint density at radius 3 is 0.390 bits per heavy atom. The number of rotatable bonds is 40. The Labute approximate surface area is 593 Å². The Balaban J connectivity index is 2.07. The van der Waals surface area contributed by atoms with E-state index in [4.69, 9.17) is 37.9 Å². The molecule has 8 amide bonds. The maximum Gasteiger partial charge on any atom is 0.260 e. The molecule has 0 spiro atoms. The molecule has 0 saturated heterocycles. The van der Waals surface area contributed by atoms with E-state index in [1.165, 1.54) is 0 Å². The summed E-state index contributed by atoms with van der Waals surface area (Å²) in [5.74, 6) is -0.461. The number of amides is 8. The number of ether oxygens (including phenoxy) is 8. The summed E-state index contributed by atoms with van der Waals surface area (Å²) in [6.07, 6.45) is 0.00615. The highest BCUT2D eigenvalue weighted by molar-refractivity contribution is 5.82. The third-order valence-electron chi connectivity index (χ3n) is 18.2. The van der Waals surface area contributed by atoms with Crippen LogP contribution in [0.25, 0.3) is 0 Å². The van der Waals surface area contributed by atoms with Crippen LogP contribution in [-0.2, 0) is 64.0 Å². The van der Waals surface area contributed by atoms with Crippen molar-refractivity contribution in [3.05, 3.63) is 93.0 Å². The van der Waals surface area contributed by atoms with Gasteiger partial charge in [-0.25, -0.2) is 0 Å². The average molecular weight is 1390 g/mol. The number of carbonyl (C=O) groups is 8. The zero-order valence-corrected chi connectivity index (χ0v) is 62.5. The summed E-state index contributed by atoms with van der Waals surface area (Å²) >= 11 is 0. The van der Waals surface area contributed by atoms with E-state index in [0.717, 1.165) is 0 Å². The van der Waals surface area contributed by atoms with Gasteiger partial charge in [-0.1, -0.05) is 0 Å². The third kappa shape index (κ3) is 22.5. The van der Waals surface area contributed by atoms with E-state index in [-0.39, 0.29) is 172 Å². The summed E-state index contributed by atoms with van der Waals surface area (Å²) in [5, 5.41) is 0. The van der Waals surface area contributed by atoms with Crippen molar-refractivity contribution in [3.8, 4) is 46.0 Å². The molecule has 100 heavy (non-hydrogen) atoms. The molecule has 1 aliphatic carbocycles. The Morgan fingerprint density at radius 2 is 0.300 bits per heavy atom. The van der Waals surface area contributed by atoms with Gasteiger partial charge in [0.15, 0.2) is 52.9 Å². The van der Waals surface area contributed by atoms with E-state index < -0.39 is 0 Å². The first-order valence-corrected chi connectivity index (χ1v) is 36.0. The SMILES string of the molecule is CCN(CC)C(=O)COc1cc(OCC(=O)N(CC)CC)c2cc1Cc1cc(c(OCC(=O)N(CC)CC)cc1OCC(=O)N(CC)CC)Cc1cc(c(OCC(=O)N(CC)CC)cc1OCC(=O)N(CC)CC)Cc1cc(c(OCC(=O)N(CC)CC)cc1OCC(=O)N(CC)CC)C2. The smallest absolute Gasteiger partial charge is 0.260 e. The second kappa shape index (κ2) is 41.6. The van der Waals surface area contributed by atoms with Gasteiger partial charge in [-0.2, -0.15) is 0 Å². The van der Waals surface area contributed by atoms with Crippen molar-refractivity contribution in [1.29, 1.82) is 0 Å². The summed E-state index contributed by atoms with van der Waals surface area (Å²) in [6, 6.07) is 14.1. The summed E-state index contributed by atoms with van der Waals surface area (Å²) in [7, 11) is 0. The van der Waals surface area contributed by atoms with Gasteiger partial charge in [0.2, 0.25) is 0 Å². The number of likely N-dealkylation sites (N-methyl/N-ethyl adjacent to an activating group) is 8. The quantitative estimate of drug-likeness (QED) is 0.0358. The molecular weight excluding hydrogens is 1280 g/mol. The molecule has 5 rings (SSSR count). The van der Waals surface area contributed by atoms with Crippen LogP contribution in [0.2, 0.25) is 0 Å². The highest BCUT2D eigenvalue weighted by Crippen LogP contribution is 2.43. The minimum Gasteiger partial charge on any atom is -0.483 e. The molecule has 4 aromatic rings. The van der Waals surface area contributed by atoms with Gasteiger partial charge in [-0.3, -0.25) is 38.4 Å². The highest BCUT2D eigenvalue weighted by Gasteiger charge is 2.28. The fourth-order valence-corrected chi connectivity index (χ4v) is 12.1. The van der Waals surface area contributed by atoms with Crippen molar-refractivity contribution in [1.82, 2.24) is 39.2 Å². The highest BCUT2D eigenvalue weighted by atomic mass is 16.5. The minimum atomic E-state index is -0.377. The lowest BCUT2D eigenvalue weighted by atomic mass is 9.91. The van der Waals surface area contributed by atoms with Crippen molar-refractivity contribution in [2.75, 3.05) is 158 Å². The minimum absolute atomic E-state index is 0.00154. The molecule has 0 unspecified atom stereocenters. The summed E-state index contributed by atoms with van der Waals surface area (Å²) < 4.78 is 53.1. The molecule has 0 N–H and O–H groups in total. The van der Waals surface area contributed by atoms with Gasteiger partial charge in [0.25, 0.3) is 47.3 Å². The second-order valence-corrected chi connectivity index (χ2v) is 23.8. The Bertz CT molecular complexity index is 2730. The van der Waals surface area contributed by atoms with Crippen molar-refractivity contribution in [2.45, 2.75) is 136 Å². The number of nitrogens with zero attached hydrogens (tertiary/aromatic N) is 8. The molecule has 8 bridgehead atoms. The van der Waals surface area contributed by atoms with Crippen molar-refractivity contribution in [3.63, 3.8) is 0 Å². The van der Waals surface area contributed by atoms with Crippen LogP contribution in [0.5, 0.6) is 46.0 Å². The van der Waals surface area contributed by atoms with Crippen LogP contribution in [0.15, 0.2) is 48.5 Å². The third-order valence-corrected chi connectivity index (χ3v) is 18.2. The predicted molar refractivity (Wildman–Crippen MR) is 384 cm³/mol.